The largest absolute Gasteiger partial charge is 0.392 e. The van der Waals surface area contributed by atoms with Crippen molar-refractivity contribution in [2.75, 3.05) is 0 Å². The van der Waals surface area contributed by atoms with Gasteiger partial charge >= 0.3 is 0 Å². The molecule has 0 saturated heterocycles. The van der Waals surface area contributed by atoms with E-state index in [9.17, 15) is 4.39 Å². The molecule has 0 aliphatic carbocycles. The van der Waals surface area contributed by atoms with E-state index >= 15 is 0 Å². The van der Waals surface area contributed by atoms with Crippen molar-refractivity contribution in [3.05, 3.63) is 41.8 Å². The van der Waals surface area contributed by atoms with Crippen LogP contribution in [0.4, 0.5) is 4.39 Å². The van der Waals surface area contributed by atoms with E-state index in [1.54, 1.807) is 18.3 Å². The standard InChI is InChI=1S/C10H9FN2O/c11-9-3-1-7(2-4-9)10-8(6-14)5-12-13-10/h1-5,14H,6H2,(H,12,13). The molecule has 1 aromatic carbocycles. The van der Waals surface area contributed by atoms with Crippen LogP contribution in [0, 0.1) is 5.82 Å². The molecule has 3 nitrogen and oxygen atoms in total. The third kappa shape index (κ3) is 1.52. The smallest absolute Gasteiger partial charge is 0.123 e. The second-order valence-corrected chi connectivity index (χ2v) is 2.94. The lowest BCUT2D eigenvalue weighted by molar-refractivity contribution is 0.282. The third-order valence-electron chi connectivity index (χ3n) is 2.02. The Morgan fingerprint density at radius 2 is 2.00 bits per heavy atom. The highest BCUT2D eigenvalue weighted by molar-refractivity contribution is 5.62. The molecule has 14 heavy (non-hydrogen) atoms. The van der Waals surface area contributed by atoms with Crippen molar-refractivity contribution < 1.29 is 9.50 Å². The predicted molar refractivity (Wildman–Crippen MR) is 49.9 cm³/mol. The summed E-state index contributed by atoms with van der Waals surface area (Å²) in [5, 5.41) is 15.6. The Morgan fingerprint density at radius 3 is 2.64 bits per heavy atom. The summed E-state index contributed by atoms with van der Waals surface area (Å²) in [5.74, 6) is -0.279. The monoisotopic (exact) mass is 192 g/mol. The first-order valence-corrected chi connectivity index (χ1v) is 4.20. The van der Waals surface area contributed by atoms with Gasteiger partial charge in [0.2, 0.25) is 0 Å². The van der Waals surface area contributed by atoms with Gasteiger partial charge in [0, 0.05) is 11.1 Å². The number of aromatic amines is 1. The van der Waals surface area contributed by atoms with E-state index in [1.165, 1.54) is 12.1 Å². The van der Waals surface area contributed by atoms with E-state index in [0.717, 1.165) is 11.3 Å². The minimum absolute atomic E-state index is 0.0801. The lowest BCUT2D eigenvalue weighted by atomic mass is 10.1. The van der Waals surface area contributed by atoms with Gasteiger partial charge in [-0.2, -0.15) is 5.10 Å². The molecular weight excluding hydrogens is 183 g/mol. The predicted octanol–water partition coefficient (Wildman–Crippen LogP) is 1.71. The Hall–Kier alpha value is -1.68. The minimum Gasteiger partial charge on any atom is -0.392 e. The number of hydrogen-bond acceptors (Lipinski definition) is 2. The van der Waals surface area contributed by atoms with Crippen molar-refractivity contribution in [2.24, 2.45) is 0 Å². The van der Waals surface area contributed by atoms with Crippen LogP contribution in [-0.4, -0.2) is 15.3 Å². The Labute approximate surface area is 80.2 Å². The quantitative estimate of drug-likeness (QED) is 0.760. The van der Waals surface area contributed by atoms with Crippen LogP contribution in [0.25, 0.3) is 11.3 Å². The second-order valence-electron chi connectivity index (χ2n) is 2.94. The molecular formula is C10H9FN2O. The molecule has 0 unspecified atom stereocenters. The van der Waals surface area contributed by atoms with Crippen LogP contribution in [0.15, 0.2) is 30.5 Å². The number of aromatic nitrogens is 2. The molecule has 0 amide bonds. The van der Waals surface area contributed by atoms with Gasteiger partial charge in [-0.1, -0.05) is 0 Å². The maximum absolute atomic E-state index is 12.6. The van der Waals surface area contributed by atoms with Crippen LogP contribution in [0.1, 0.15) is 5.56 Å². The van der Waals surface area contributed by atoms with Gasteiger partial charge in [-0.15, -0.1) is 0 Å². The molecule has 0 aliphatic heterocycles. The number of nitrogens with one attached hydrogen (secondary N) is 1. The van der Waals surface area contributed by atoms with E-state index in [4.69, 9.17) is 5.11 Å². The van der Waals surface area contributed by atoms with Crippen LogP contribution < -0.4 is 0 Å². The van der Waals surface area contributed by atoms with Gasteiger partial charge in [0.05, 0.1) is 18.5 Å². The van der Waals surface area contributed by atoms with Gasteiger partial charge in [0.1, 0.15) is 5.82 Å². The van der Waals surface area contributed by atoms with Crippen LogP contribution in [-0.2, 0) is 6.61 Å². The summed E-state index contributed by atoms with van der Waals surface area (Å²) in [6.45, 7) is -0.0801. The van der Waals surface area contributed by atoms with Crippen LogP contribution in [0.5, 0.6) is 0 Å². The molecule has 0 radical (unpaired) electrons. The maximum atomic E-state index is 12.6. The van der Waals surface area contributed by atoms with Crippen LogP contribution in [0.3, 0.4) is 0 Å². The van der Waals surface area contributed by atoms with E-state index in [1.807, 2.05) is 0 Å². The number of halogens is 1. The van der Waals surface area contributed by atoms with Gasteiger partial charge in [-0.3, -0.25) is 5.10 Å². The zero-order valence-electron chi connectivity index (χ0n) is 7.37. The molecule has 1 heterocycles. The maximum Gasteiger partial charge on any atom is 0.123 e. The van der Waals surface area contributed by atoms with Crippen LogP contribution in [0.2, 0.25) is 0 Å². The second kappa shape index (κ2) is 3.59. The zero-order chi connectivity index (χ0) is 9.97. The van der Waals surface area contributed by atoms with E-state index < -0.39 is 0 Å². The lowest BCUT2D eigenvalue weighted by Gasteiger charge is -1.99. The van der Waals surface area contributed by atoms with Crippen LogP contribution >= 0.6 is 0 Å². The Morgan fingerprint density at radius 1 is 1.29 bits per heavy atom. The summed E-state index contributed by atoms with van der Waals surface area (Å²) >= 11 is 0. The summed E-state index contributed by atoms with van der Waals surface area (Å²) in [4.78, 5) is 0. The molecule has 2 rings (SSSR count). The lowest BCUT2D eigenvalue weighted by Crippen LogP contribution is -1.86. The summed E-state index contributed by atoms with van der Waals surface area (Å²) in [6.07, 6.45) is 1.55. The van der Waals surface area contributed by atoms with E-state index in [2.05, 4.69) is 10.2 Å². The molecule has 0 atom stereocenters. The SMILES string of the molecule is OCc1cn[nH]c1-c1ccc(F)cc1. The normalized spacial score (nSPS) is 10.4. The van der Waals surface area contributed by atoms with Crippen molar-refractivity contribution in [3.8, 4) is 11.3 Å². The highest BCUT2D eigenvalue weighted by Crippen LogP contribution is 2.20. The number of rotatable bonds is 2. The van der Waals surface area contributed by atoms with Crippen molar-refractivity contribution in [2.45, 2.75) is 6.61 Å². The first kappa shape index (κ1) is 8.90. The molecule has 0 fully saturated rings. The average molecular weight is 192 g/mol. The Kier molecular flexibility index (Phi) is 2.28. The fraction of sp³-hybridized carbons (Fsp3) is 0.100. The highest BCUT2D eigenvalue weighted by atomic mass is 19.1. The van der Waals surface area contributed by atoms with Gasteiger partial charge < -0.3 is 5.11 Å². The summed E-state index contributed by atoms with van der Waals surface area (Å²) in [6, 6.07) is 6.03. The molecule has 0 aliphatic rings. The van der Waals surface area contributed by atoms with Crippen molar-refractivity contribution in [1.29, 1.82) is 0 Å². The summed E-state index contributed by atoms with van der Waals surface area (Å²) in [5.41, 5.74) is 2.25. The molecule has 0 bridgehead atoms. The number of aliphatic hydroxyl groups excluding tert-OH is 1. The minimum atomic E-state index is -0.279. The fourth-order valence-corrected chi connectivity index (χ4v) is 1.30. The third-order valence-corrected chi connectivity index (χ3v) is 2.02. The first-order chi connectivity index (χ1) is 6.81. The molecule has 1 aromatic heterocycles. The van der Waals surface area contributed by atoms with Crippen molar-refractivity contribution >= 4 is 0 Å². The molecule has 4 heteroatoms. The van der Waals surface area contributed by atoms with Gasteiger partial charge in [-0.05, 0) is 24.3 Å². The molecule has 72 valence electrons. The summed E-state index contributed by atoms with van der Waals surface area (Å²) in [7, 11) is 0. The number of aliphatic hydroxyl groups is 1. The van der Waals surface area contributed by atoms with E-state index in [0.29, 0.717) is 5.56 Å². The number of benzene rings is 1. The molecule has 2 aromatic rings. The topological polar surface area (TPSA) is 48.9 Å². The molecule has 0 saturated carbocycles. The molecule has 2 N–H and O–H groups in total. The average Bonchev–Trinajstić information content (AvgIpc) is 2.67. The fourth-order valence-electron chi connectivity index (χ4n) is 1.30. The first-order valence-electron chi connectivity index (χ1n) is 4.20. The number of H-pyrrole nitrogens is 1. The van der Waals surface area contributed by atoms with Gasteiger partial charge in [0.25, 0.3) is 0 Å². The zero-order valence-corrected chi connectivity index (χ0v) is 7.37. The highest BCUT2D eigenvalue weighted by Gasteiger charge is 2.05. The van der Waals surface area contributed by atoms with Gasteiger partial charge in [-0.25, -0.2) is 4.39 Å². The van der Waals surface area contributed by atoms with Crippen molar-refractivity contribution in [3.63, 3.8) is 0 Å². The Balaban J connectivity index is 2.44. The number of hydrogen-bond donors (Lipinski definition) is 2. The van der Waals surface area contributed by atoms with E-state index in [-0.39, 0.29) is 12.4 Å². The Bertz CT molecular complexity index is 422. The van der Waals surface area contributed by atoms with Crippen molar-refractivity contribution in [1.82, 2.24) is 10.2 Å². The molecule has 0 spiro atoms. The van der Waals surface area contributed by atoms with Gasteiger partial charge in [0.15, 0.2) is 0 Å². The summed E-state index contributed by atoms with van der Waals surface area (Å²) < 4.78 is 12.6. The number of nitrogens with zero attached hydrogens (tertiary/aromatic N) is 1.